The quantitative estimate of drug-likeness (QED) is 0.687. The Morgan fingerprint density at radius 2 is 1.95 bits per heavy atom. The van der Waals surface area contributed by atoms with E-state index in [1.165, 1.54) is 0 Å². The lowest BCUT2D eigenvalue weighted by Gasteiger charge is -2.32. The van der Waals surface area contributed by atoms with Crippen LogP contribution in [0.2, 0.25) is 5.15 Å². The van der Waals surface area contributed by atoms with Crippen LogP contribution in [-0.2, 0) is 11.2 Å². The van der Waals surface area contributed by atoms with Crippen LogP contribution in [0.5, 0.6) is 0 Å². The molecule has 19 heavy (non-hydrogen) atoms. The number of halogens is 1. The Morgan fingerprint density at radius 1 is 1.26 bits per heavy atom. The van der Waals surface area contributed by atoms with E-state index in [0.717, 1.165) is 37.2 Å². The molecule has 0 aliphatic heterocycles. The van der Waals surface area contributed by atoms with E-state index in [1.54, 1.807) is 13.4 Å². The lowest BCUT2D eigenvalue weighted by molar-refractivity contribution is 0.202. The maximum Gasteiger partial charge on any atom is 0.137 e. The standard InChI is InChI=1S/C14H24ClN3O/c1-5-11(6-2)18(8-9-19-4)14-12(7-3)13(15)16-10-17-14/h10-11H,5-9H2,1-4H3. The van der Waals surface area contributed by atoms with Crippen LogP contribution in [-0.4, -0.2) is 36.3 Å². The third-order valence-electron chi connectivity index (χ3n) is 3.42. The van der Waals surface area contributed by atoms with Crippen LogP contribution in [0.25, 0.3) is 0 Å². The Kier molecular flexibility index (Phi) is 7.10. The number of ether oxygens (including phenoxy) is 1. The topological polar surface area (TPSA) is 38.2 Å². The fourth-order valence-electron chi connectivity index (χ4n) is 2.31. The van der Waals surface area contributed by atoms with E-state index in [9.17, 15) is 0 Å². The Hall–Kier alpha value is -0.870. The molecule has 0 aliphatic carbocycles. The van der Waals surface area contributed by atoms with E-state index in [-0.39, 0.29) is 0 Å². The number of rotatable bonds is 8. The van der Waals surface area contributed by atoms with Crippen molar-refractivity contribution in [2.75, 3.05) is 25.2 Å². The molecular weight excluding hydrogens is 262 g/mol. The molecule has 1 aromatic rings. The van der Waals surface area contributed by atoms with Gasteiger partial charge in [0.25, 0.3) is 0 Å². The first-order chi connectivity index (χ1) is 9.19. The molecule has 0 aromatic carbocycles. The number of hydrogen-bond acceptors (Lipinski definition) is 4. The summed E-state index contributed by atoms with van der Waals surface area (Å²) in [6.07, 6.45) is 4.52. The van der Waals surface area contributed by atoms with Crippen LogP contribution in [0, 0.1) is 0 Å². The molecule has 0 spiro atoms. The van der Waals surface area contributed by atoms with Gasteiger partial charge in [0.1, 0.15) is 17.3 Å². The van der Waals surface area contributed by atoms with Gasteiger partial charge < -0.3 is 9.64 Å². The molecule has 1 aromatic heterocycles. The van der Waals surface area contributed by atoms with Crippen LogP contribution in [0.4, 0.5) is 5.82 Å². The maximum absolute atomic E-state index is 6.19. The number of hydrogen-bond donors (Lipinski definition) is 0. The molecule has 1 heterocycles. The lowest BCUT2D eigenvalue weighted by atomic mass is 10.1. The number of methoxy groups -OCH3 is 1. The summed E-state index contributed by atoms with van der Waals surface area (Å²) in [6.45, 7) is 7.98. The first kappa shape index (κ1) is 16.2. The van der Waals surface area contributed by atoms with Crippen LogP contribution in [0.3, 0.4) is 0 Å². The predicted molar refractivity (Wildman–Crippen MR) is 80.0 cm³/mol. The molecule has 5 heteroatoms. The van der Waals surface area contributed by atoms with Gasteiger partial charge in [-0.25, -0.2) is 9.97 Å². The molecule has 0 bridgehead atoms. The number of nitrogens with zero attached hydrogens (tertiary/aromatic N) is 3. The van der Waals surface area contributed by atoms with Gasteiger partial charge in [0.2, 0.25) is 0 Å². The van der Waals surface area contributed by atoms with Gasteiger partial charge in [-0.05, 0) is 19.3 Å². The van der Waals surface area contributed by atoms with Crippen molar-refractivity contribution < 1.29 is 4.74 Å². The molecule has 0 atom stereocenters. The Balaban J connectivity index is 3.12. The molecule has 0 N–H and O–H groups in total. The molecule has 0 radical (unpaired) electrons. The van der Waals surface area contributed by atoms with E-state index in [1.807, 2.05) is 0 Å². The summed E-state index contributed by atoms with van der Waals surface area (Å²) in [7, 11) is 1.72. The summed E-state index contributed by atoms with van der Waals surface area (Å²) in [4.78, 5) is 10.8. The Labute approximate surface area is 121 Å². The summed E-state index contributed by atoms with van der Waals surface area (Å²) in [5.74, 6) is 0.952. The minimum absolute atomic E-state index is 0.450. The minimum Gasteiger partial charge on any atom is -0.383 e. The molecule has 1 rings (SSSR count). The highest BCUT2D eigenvalue weighted by molar-refractivity contribution is 6.30. The molecule has 0 fully saturated rings. The van der Waals surface area contributed by atoms with Crippen molar-refractivity contribution in [3.8, 4) is 0 Å². The molecule has 0 amide bonds. The van der Waals surface area contributed by atoms with E-state index in [0.29, 0.717) is 17.8 Å². The van der Waals surface area contributed by atoms with Crippen molar-refractivity contribution in [3.63, 3.8) is 0 Å². The van der Waals surface area contributed by atoms with Gasteiger partial charge in [0, 0.05) is 25.3 Å². The highest BCUT2D eigenvalue weighted by Gasteiger charge is 2.20. The second-order valence-electron chi connectivity index (χ2n) is 4.48. The van der Waals surface area contributed by atoms with E-state index >= 15 is 0 Å². The van der Waals surface area contributed by atoms with Crippen molar-refractivity contribution in [1.82, 2.24) is 9.97 Å². The zero-order valence-electron chi connectivity index (χ0n) is 12.3. The predicted octanol–water partition coefficient (Wildman–Crippen LogP) is 3.33. The molecular formula is C14H24ClN3O. The second-order valence-corrected chi connectivity index (χ2v) is 4.83. The molecule has 4 nitrogen and oxygen atoms in total. The fraction of sp³-hybridized carbons (Fsp3) is 0.714. The van der Waals surface area contributed by atoms with Crippen LogP contribution >= 0.6 is 11.6 Å². The third kappa shape index (κ3) is 4.05. The summed E-state index contributed by atoms with van der Waals surface area (Å²) < 4.78 is 5.22. The van der Waals surface area contributed by atoms with Crippen molar-refractivity contribution >= 4 is 17.4 Å². The molecule has 0 saturated heterocycles. The summed E-state index contributed by atoms with van der Waals surface area (Å²) in [5.41, 5.74) is 1.02. The van der Waals surface area contributed by atoms with Crippen LogP contribution < -0.4 is 4.90 Å². The number of anilines is 1. The average Bonchev–Trinajstić information content (AvgIpc) is 2.43. The minimum atomic E-state index is 0.450. The maximum atomic E-state index is 6.19. The highest BCUT2D eigenvalue weighted by Crippen LogP contribution is 2.26. The Morgan fingerprint density at radius 3 is 2.47 bits per heavy atom. The fourth-order valence-corrected chi connectivity index (χ4v) is 2.58. The van der Waals surface area contributed by atoms with Crippen molar-refractivity contribution in [2.45, 2.75) is 46.1 Å². The van der Waals surface area contributed by atoms with Gasteiger partial charge in [0.05, 0.1) is 6.61 Å². The third-order valence-corrected chi connectivity index (χ3v) is 3.74. The normalized spacial score (nSPS) is 11.1. The van der Waals surface area contributed by atoms with Gasteiger partial charge in [-0.15, -0.1) is 0 Å². The van der Waals surface area contributed by atoms with Gasteiger partial charge in [0.15, 0.2) is 0 Å². The summed E-state index contributed by atoms with van der Waals surface area (Å²) in [6, 6.07) is 0.450. The molecule has 0 aliphatic rings. The SMILES string of the molecule is CCc1c(Cl)ncnc1N(CCOC)C(CC)CC. The molecule has 0 unspecified atom stereocenters. The summed E-state index contributed by atoms with van der Waals surface area (Å²) in [5, 5.41) is 0.556. The molecule has 108 valence electrons. The monoisotopic (exact) mass is 285 g/mol. The first-order valence-electron chi connectivity index (χ1n) is 6.94. The van der Waals surface area contributed by atoms with E-state index in [4.69, 9.17) is 16.3 Å². The molecule has 0 saturated carbocycles. The number of aromatic nitrogens is 2. The largest absolute Gasteiger partial charge is 0.383 e. The van der Waals surface area contributed by atoms with Gasteiger partial charge in [-0.1, -0.05) is 32.4 Å². The van der Waals surface area contributed by atoms with Gasteiger partial charge >= 0.3 is 0 Å². The smallest absolute Gasteiger partial charge is 0.137 e. The van der Waals surface area contributed by atoms with Gasteiger partial charge in [-0.3, -0.25) is 0 Å². The van der Waals surface area contributed by atoms with Crippen molar-refractivity contribution in [3.05, 3.63) is 17.0 Å². The first-order valence-corrected chi connectivity index (χ1v) is 7.32. The van der Waals surface area contributed by atoms with Crippen LogP contribution in [0.1, 0.15) is 39.2 Å². The highest BCUT2D eigenvalue weighted by atomic mass is 35.5. The van der Waals surface area contributed by atoms with Crippen molar-refractivity contribution in [1.29, 1.82) is 0 Å². The zero-order chi connectivity index (χ0) is 14.3. The average molecular weight is 286 g/mol. The van der Waals surface area contributed by atoms with Crippen LogP contribution in [0.15, 0.2) is 6.33 Å². The summed E-state index contributed by atoms with van der Waals surface area (Å²) >= 11 is 6.19. The zero-order valence-corrected chi connectivity index (χ0v) is 13.1. The lowest BCUT2D eigenvalue weighted by Crippen LogP contribution is -2.38. The van der Waals surface area contributed by atoms with Gasteiger partial charge in [-0.2, -0.15) is 0 Å². The van der Waals surface area contributed by atoms with E-state index < -0.39 is 0 Å². The van der Waals surface area contributed by atoms with Crippen molar-refractivity contribution in [2.24, 2.45) is 0 Å². The van der Waals surface area contributed by atoms with E-state index in [2.05, 4.69) is 35.6 Å². The second kappa shape index (κ2) is 8.33. The Bertz CT molecular complexity index is 383.